The number of hydrogen-bond acceptors (Lipinski definition) is 6. The summed E-state index contributed by atoms with van der Waals surface area (Å²) in [6.45, 7) is 1.85. The number of carbonyl (C=O) groups excluding carboxylic acids is 2. The van der Waals surface area contributed by atoms with Crippen molar-refractivity contribution in [1.29, 1.82) is 0 Å². The fraction of sp³-hybridized carbons (Fsp3) is 0.267. The van der Waals surface area contributed by atoms with Crippen molar-refractivity contribution in [3.8, 4) is 11.3 Å². The molecule has 3 N–H and O–H groups in total. The molecule has 1 aliphatic heterocycles. The van der Waals surface area contributed by atoms with Crippen LogP contribution in [0.5, 0.6) is 0 Å². The van der Waals surface area contributed by atoms with Gasteiger partial charge in [-0.25, -0.2) is 9.97 Å². The van der Waals surface area contributed by atoms with Crippen LogP contribution in [-0.4, -0.2) is 70.3 Å². The summed E-state index contributed by atoms with van der Waals surface area (Å²) in [6.07, 6.45) is 8.21. The van der Waals surface area contributed by atoms with Gasteiger partial charge in [0.05, 0.1) is 16.9 Å². The summed E-state index contributed by atoms with van der Waals surface area (Å²) in [5.41, 5.74) is 3.92. The number of amides is 2. The number of rotatable bonds is 8. The van der Waals surface area contributed by atoms with Crippen molar-refractivity contribution >= 4 is 51.6 Å². The largest absolute Gasteiger partial charge is 0.360 e. The molecule has 4 aromatic rings. The number of fused-ring (bicyclic) bond motifs is 1. The Balaban J connectivity index is 1.20. The van der Waals surface area contributed by atoms with E-state index >= 15 is 0 Å². The molecule has 3 heterocycles. The van der Waals surface area contributed by atoms with Crippen molar-refractivity contribution in [3.63, 3.8) is 0 Å². The number of likely N-dealkylation sites (tertiary alicyclic amines) is 1. The van der Waals surface area contributed by atoms with Gasteiger partial charge >= 0.3 is 0 Å². The number of H-pyrrole nitrogens is 1. The van der Waals surface area contributed by atoms with E-state index in [0.29, 0.717) is 54.8 Å². The third-order valence-corrected chi connectivity index (χ3v) is 7.16. The molecule has 9 nitrogen and oxygen atoms in total. The topological polar surface area (TPSA) is 106 Å². The van der Waals surface area contributed by atoms with E-state index in [-0.39, 0.29) is 17.7 Å². The van der Waals surface area contributed by atoms with Crippen molar-refractivity contribution in [2.24, 2.45) is 5.92 Å². The Morgan fingerprint density at radius 3 is 2.70 bits per heavy atom. The summed E-state index contributed by atoms with van der Waals surface area (Å²) >= 11 is 6.47. The molecule has 2 aromatic carbocycles. The molecule has 2 aromatic heterocycles. The van der Waals surface area contributed by atoms with Gasteiger partial charge in [-0.05, 0) is 51.2 Å². The number of aromatic nitrogens is 3. The number of hydrogen-bond donors (Lipinski definition) is 3. The predicted molar refractivity (Wildman–Crippen MR) is 160 cm³/mol. The highest BCUT2D eigenvalue weighted by molar-refractivity contribution is 6.33. The highest BCUT2D eigenvalue weighted by Gasteiger charge is 2.26. The van der Waals surface area contributed by atoms with Crippen molar-refractivity contribution in [2.45, 2.75) is 12.8 Å². The quantitative estimate of drug-likeness (QED) is 0.253. The SMILES string of the molecule is CN(C)C/C=C/C(=O)N1CCC(C(=O)Nc2cccc(Nc3ncc(Cl)c(-c4c[nH]c5ccccc45)n3)c2)CC1. The van der Waals surface area contributed by atoms with Crippen molar-refractivity contribution in [3.05, 3.63) is 78.1 Å². The highest BCUT2D eigenvalue weighted by Crippen LogP contribution is 2.33. The van der Waals surface area contributed by atoms with Crippen LogP contribution in [0.15, 0.2) is 73.1 Å². The molecule has 0 aliphatic carbocycles. The van der Waals surface area contributed by atoms with Crippen LogP contribution in [0, 0.1) is 5.92 Å². The second-order valence-electron chi connectivity index (χ2n) is 10.1. The molecular formula is C30H32ClN7O2. The number of piperidine rings is 1. The number of halogens is 1. The van der Waals surface area contributed by atoms with Crippen LogP contribution >= 0.6 is 11.6 Å². The second-order valence-corrected chi connectivity index (χ2v) is 10.5. The van der Waals surface area contributed by atoms with Gasteiger partial charge in [0.1, 0.15) is 0 Å². The van der Waals surface area contributed by atoms with Gasteiger partial charge < -0.3 is 25.4 Å². The molecule has 40 heavy (non-hydrogen) atoms. The highest BCUT2D eigenvalue weighted by atomic mass is 35.5. The molecule has 5 rings (SSSR count). The van der Waals surface area contributed by atoms with E-state index in [1.165, 1.54) is 0 Å². The summed E-state index contributed by atoms with van der Waals surface area (Å²) in [7, 11) is 3.91. The standard InChI is InChI=1S/C30H32ClN7O2/c1-37(2)14-6-11-27(39)38-15-12-20(13-16-38)29(40)34-21-7-5-8-22(17-21)35-30-33-19-25(31)28(36-30)24-18-32-26-10-4-3-9-23(24)26/h3-11,17-20,32H,12-16H2,1-2H3,(H,34,40)(H,33,35,36)/b11-6+. The summed E-state index contributed by atoms with van der Waals surface area (Å²) < 4.78 is 0. The molecule has 206 valence electrons. The van der Waals surface area contributed by atoms with E-state index in [2.05, 4.69) is 25.6 Å². The average molecular weight is 558 g/mol. The van der Waals surface area contributed by atoms with Crippen molar-refractivity contribution in [1.82, 2.24) is 24.8 Å². The monoisotopic (exact) mass is 557 g/mol. The minimum absolute atomic E-state index is 0.00301. The van der Waals surface area contributed by atoms with Gasteiger partial charge in [0.25, 0.3) is 0 Å². The number of carbonyl (C=O) groups is 2. The predicted octanol–water partition coefficient (Wildman–Crippen LogP) is 5.32. The number of aromatic amines is 1. The Morgan fingerprint density at radius 2 is 1.90 bits per heavy atom. The van der Waals surface area contributed by atoms with Crippen LogP contribution in [0.3, 0.4) is 0 Å². The number of nitrogens with zero attached hydrogens (tertiary/aromatic N) is 4. The van der Waals surface area contributed by atoms with Gasteiger partial charge in [-0.1, -0.05) is 41.9 Å². The molecule has 0 spiro atoms. The number of para-hydroxylation sites is 1. The molecule has 1 aliphatic rings. The average Bonchev–Trinajstić information content (AvgIpc) is 3.38. The van der Waals surface area contributed by atoms with Crippen LogP contribution in [0.4, 0.5) is 17.3 Å². The lowest BCUT2D eigenvalue weighted by atomic mass is 9.95. The van der Waals surface area contributed by atoms with Crippen molar-refractivity contribution < 1.29 is 9.59 Å². The van der Waals surface area contributed by atoms with Gasteiger partial charge in [0.15, 0.2) is 0 Å². The van der Waals surface area contributed by atoms with Gasteiger partial charge in [-0.2, -0.15) is 0 Å². The van der Waals surface area contributed by atoms with E-state index in [0.717, 1.165) is 22.2 Å². The van der Waals surface area contributed by atoms with Crippen molar-refractivity contribution in [2.75, 3.05) is 44.4 Å². The molecule has 0 saturated carbocycles. The number of anilines is 3. The summed E-state index contributed by atoms with van der Waals surface area (Å²) in [5.74, 6) is 0.197. The van der Waals surface area contributed by atoms with Crippen LogP contribution in [0.2, 0.25) is 5.02 Å². The zero-order valence-corrected chi connectivity index (χ0v) is 23.3. The fourth-order valence-electron chi connectivity index (χ4n) is 4.76. The van der Waals surface area contributed by atoms with Gasteiger partial charge in [0.2, 0.25) is 17.8 Å². The minimum Gasteiger partial charge on any atom is -0.360 e. The lowest BCUT2D eigenvalue weighted by Crippen LogP contribution is -2.40. The molecule has 0 atom stereocenters. The maximum absolute atomic E-state index is 13.0. The first-order valence-corrected chi connectivity index (χ1v) is 13.6. The first-order chi connectivity index (χ1) is 19.4. The Morgan fingerprint density at radius 1 is 1.12 bits per heavy atom. The first-order valence-electron chi connectivity index (χ1n) is 13.2. The molecular weight excluding hydrogens is 526 g/mol. The molecule has 0 radical (unpaired) electrons. The van der Waals surface area contributed by atoms with E-state index in [1.54, 1.807) is 17.2 Å². The summed E-state index contributed by atoms with van der Waals surface area (Å²) in [5, 5.41) is 7.72. The maximum atomic E-state index is 13.0. The van der Waals surface area contributed by atoms with Crippen LogP contribution in [0.25, 0.3) is 22.2 Å². The number of benzene rings is 2. The summed E-state index contributed by atoms with van der Waals surface area (Å²) in [6, 6.07) is 15.4. The normalized spacial score (nSPS) is 14.2. The Kier molecular flexibility index (Phi) is 8.42. The number of likely N-dealkylation sites (N-methyl/N-ethyl adjacent to an activating group) is 1. The number of nitrogens with one attached hydrogen (secondary N) is 3. The van der Waals surface area contributed by atoms with Crippen LogP contribution in [0.1, 0.15) is 12.8 Å². The lowest BCUT2D eigenvalue weighted by molar-refractivity contribution is -0.130. The van der Waals surface area contributed by atoms with Gasteiger partial charge in [-0.3, -0.25) is 9.59 Å². The van der Waals surface area contributed by atoms with E-state index in [9.17, 15) is 9.59 Å². The Bertz CT molecular complexity index is 1540. The fourth-order valence-corrected chi connectivity index (χ4v) is 4.96. The van der Waals surface area contributed by atoms with E-state index in [1.807, 2.05) is 79.8 Å². The van der Waals surface area contributed by atoms with Crippen LogP contribution in [-0.2, 0) is 9.59 Å². The first kappa shape index (κ1) is 27.4. The molecule has 0 unspecified atom stereocenters. The zero-order chi connectivity index (χ0) is 28.1. The second kappa shape index (κ2) is 12.3. The van der Waals surface area contributed by atoms with Gasteiger partial charge in [0, 0.05) is 65.7 Å². The smallest absolute Gasteiger partial charge is 0.246 e. The zero-order valence-electron chi connectivity index (χ0n) is 22.5. The maximum Gasteiger partial charge on any atom is 0.246 e. The van der Waals surface area contributed by atoms with E-state index < -0.39 is 0 Å². The molecule has 10 heteroatoms. The van der Waals surface area contributed by atoms with E-state index in [4.69, 9.17) is 11.6 Å². The Labute approximate surface area is 238 Å². The van der Waals surface area contributed by atoms with Gasteiger partial charge in [-0.15, -0.1) is 0 Å². The molecule has 1 saturated heterocycles. The molecule has 2 amide bonds. The summed E-state index contributed by atoms with van der Waals surface area (Å²) in [4.78, 5) is 41.4. The Hall–Kier alpha value is -4.21. The third-order valence-electron chi connectivity index (χ3n) is 6.88. The lowest BCUT2D eigenvalue weighted by Gasteiger charge is -2.30. The third kappa shape index (κ3) is 6.50. The molecule has 0 bridgehead atoms. The molecule has 1 fully saturated rings. The van der Waals surface area contributed by atoms with Crippen LogP contribution < -0.4 is 10.6 Å². The minimum atomic E-state index is -0.148.